The number of nitrogens with two attached hydrogens (primary N) is 1. The lowest BCUT2D eigenvalue weighted by Gasteiger charge is -2.07. The highest BCUT2D eigenvalue weighted by Gasteiger charge is 2.11. The van der Waals surface area contributed by atoms with Gasteiger partial charge in [-0.1, -0.05) is 0 Å². The monoisotopic (exact) mass is 275 g/mol. The number of halogens is 1. The maximum atomic E-state index is 13.7. The second kappa shape index (κ2) is 5.79. The SMILES string of the molecule is CCOc1nc(N)nc(Oc2ccc(C#N)cc2F)n1. The summed E-state index contributed by atoms with van der Waals surface area (Å²) in [5.41, 5.74) is 5.65. The van der Waals surface area contributed by atoms with E-state index in [0.29, 0.717) is 6.61 Å². The average Bonchev–Trinajstić information content (AvgIpc) is 2.41. The molecule has 0 fully saturated rings. The Morgan fingerprint density at radius 3 is 2.70 bits per heavy atom. The van der Waals surface area contributed by atoms with Crippen molar-refractivity contribution in [1.29, 1.82) is 5.26 Å². The summed E-state index contributed by atoms with van der Waals surface area (Å²) in [6.07, 6.45) is 0. The van der Waals surface area contributed by atoms with Crippen molar-refractivity contribution in [3.8, 4) is 23.8 Å². The van der Waals surface area contributed by atoms with E-state index in [-0.39, 0.29) is 29.3 Å². The van der Waals surface area contributed by atoms with E-state index in [9.17, 15) is 4.39 Å². The van der Waals surface area contributed by atoms with Crippen LogP contribution in [0.25, 0.3) is 0 Å². The molecule has 2 N–H and O–H groups in total. The lowest BCUT2D eigenvalue weighted by Crippen LogP contribution is -2.05. The first-order valence-corrected chi connectivity index (χ1v) is 5.64. The first kappa shape index (κ1) is 13.5. The predicted molar refractivity (Wildman–Crippen MR) is 66.6 cm³/mol. The van der Waals surface area contributed by atoms with Gasteiger partial charge in [-0.15, -0.1) is 4.98 Å². The van der Waals surface area contributed by atoms with E-state index in [2.05, 4.69) is 15.0 Å². The number of ether oxygens (including phenoxy) is 2. The van der Waals surface area contributed by atoms with Gasteiger partial charge in [-0.05, 0) is 25.1 Å². The average molecular weight is 275 g/mol. The third kappa shape index (κ3) is 3.08. The summed E-state index contributed by atoms with van der Waals surface area (Å²) in [6, 6.07) is 5.37. The smallest absolute Gasteiger partial charge is 0.330 e. The molecule has 2 aromatic rings. The largest absolute Gasteiger partial charge is 0.464 e. The summed E-state index contributed by atoms with van der Waals surface area (Å²) in [7, 11) is 0. The minimum atomic E-state index is -0.707. The van der Waals surface area contributed by atoms with Crippen molar-refractivity contribution in [2.75, 3.05) is 12.3 Å². The first-order chi connectivity index (χ1) is 9.62. The quantitative estimate of drug-likeness (QED) is 0.903. The van der Waals surface area contributed by atoms with Gasteiger partial charge in [-0.25, -0.2) is 4.39 Å². The van der Waals surface area contributed by atoms with Crippen LogP contribution in [0.1, 0.15) is 12.5 Å². The van der Waals surface area contributed by atoms with E-state index in [0.717, 1.165) is 6.07 Å². The fourth-order valence-electron chi connectivity index (χ4n) is 1.34. The number of anilines is 1. The number of hydrogen-bond acceptors (Lipinski definition) is 7. The molecule has 0 spiro atoms. The van der Waals surface area contributed by atoms with E-state index < -0.39 is 5.82 Å². The van der Waals surface area contributed by atoms with Gasteiger partial charge in [0.1, 0.15) is 0 Å². The van der Waals surface area contributed by atoms with E-state index in [1.165, 1.54) is 12.1 Å². The van der Waals surface area contributed by atoms with Crippen molar-refractivity contribution in [2.24, 2.45) is 0 Å². The fraction of sp³-hybridized carbons (Fsp3) is 0.167. The second-order valence-electron chi connectivity index (χ2n) is 3.55. The Labute approximate surface area is 113 Å². The molecule has 0 radical (unpaired) electrons. The van der Waals surface area contributed by atoms with Crippen LogP contribution in [-0.2, 0) is 0 Å². The molecule has 0 saturated heterocycles. The van der Waals surface area contributed by atoms with Crippen molar-refractivity contribution >= 4 is 5.95 Å². The normalized spacial score (nSPS) is 9.85. The Hall–Kier alpha value is -2.95. The zero-order valence-corrected chi connectivity index (χ0v) is 10.5. The Bertz CT molecular complexity index is 671. The highest BCUT2D eigenvalue weighted by molar-refractivity contribution is 5.37. The predicted octanol–water partition coefficient (Wildman–Crippen LogP) is 1.66. The fourth-order valence-corrected chi connectivity index (χ4v) is 1.34. The maximum Gasteiger partial charge on any atom is 0.330 e. The molecule has 0 aliphatic rings. The van der Waals surface area contributed by atoms with Gasteiger partial charge in [0, 0.05) is 0 Å². The lowest BCUT2D eigenvalue weighted by molar-refractivity contribution is 0.302. The number of nitrogen functional groups attached to an aromatic ring is 1. The Morgan fingerprint density at radius 1 is 1.30 bits per heavy atom. The van der Waals surface area contributed by atoms with Gasteiger partial charge in [0.15, 0.2) is 11.6 Å². The Kier molecular flexibility index (Phi) is 3.91. The summed E-state index contributed by atoms with van der Waals surface area (Å²) in [5.74, 6) is -0.939. The summed E-state index contributed by atoms with van der Waals surface area (Å²) in [5, 5.41) is 8.65. The highest BCUT2D eigenvalue weighted by Crippen LogP contribution is 2.23. The number of hydrogen-bond donors (Lipinski definition) is 1. The topological polar surface area (TPSA) is 107 Å². The zero-order valence-electron chi connectivity index (χ0n) is 10.5. The Morgan fingerprint density at radius 2 is 2.05 bits per heavy atom. The van der Waals surface area contributed by atoms with E-state index in [4.69, 9.17) is 20.5 Å². The molecular weight excluding hydrogens is 265 g/mol. The van der Waals surface area contributed by atoms with Gasteiger partial charge in [-0.3, -0.25) is 0 Å². The molecule has 8 heteroatoms. The van der Waals surface area contributed by atoms with Crippen LogP contribution < -0.4 is 15.2 Å². The van der Waals surface area contributed by atoms with Gasteiger partial charge in [0.05, 0.1) is 18.2 Å². The van der Waals surface area contributed by atoms with Crippen LogP contribution in [0.3, 0.4) is 0 Å². The maximum absolute atomic E-state index is 13.7. The number of rotatable bonds is 4. The van der Waals surface area contributed by atoms with E-state index >= 15 is 0 Å². The van der Waals surface area contributed by atoms with Gasteiger partial charge >= 0.3 is 12.0 Å². The van der Waals surface area contributed by atoms with Gasteiger partial charge < -0.3 is 15.2 Å². The molecule has 1 aromatic heterocycles. The van der Waals surface area contributed by atoms with Crippen LogP contribution in [0.2, 0.25) is 0 Å². The molecule has 0 unspecified atom stereocenters. The first-order valence-electron chi connectivity index (χ1n) is 5.64. The third-order valence-corrected chi connectivity index (χ3v) is 2.15. The molecule has 0 atom stereocenters. The van der Waals surface area contributed by atoms with Gasteiger partial charge in [0.2, 0.25) is 5.95 Å². The number of benzene rings is 1. The van der Waals surface area contributed by atoms with Crippen molar-refractivity contribution in [1.82, 2.24) is 15.0 Å². The molecule has 20 heavy (non-hydrogen) atoms. The molecule has 1 aromatic carbocycles. The molecule has 0 aliphatic carbocycles. The van der Waals surface area contributed by atoms with Crippen LogP contribution in [0.5, 0.6) is 17.8 Å². The number of nitriles is 1. The molecule has 0 bridgehead atoms. The summed E-state index contributed by atoms with van der Waals surface area (Å²) in [4.78, 5) is 11.3. The molecular formula is C12H10FN5O2. The third-order valence-electron chi connectivity index (χ3n) is 2.15. The lowest BCUT2D eigenvalue weighted by atomic mass is 10.2. The molecule has 102 valence electrons. The second-order valence-corrected chi connectivity index (χ2v) is 3.55. The van der Waals surface area contributed by atoms with Gasteiger partial charge in [0.25, 0.3) is 0 Å². The molecule has 7 nitrogen and oxygen atoms in total. The van der Waals surface area contributed by atoms with Crippen LogP contribution in [0.15, 0.2) is 18.2 Å². The van der Waals surface area contributed by atoms with Crippen LogP contribution in [-0.4, -0.2) is 21.6 Å². The summed E-state index contributed by atoms with van der Waals surface area (Å²) >= 11 is 0. The molecule has 0 aliphatic heterocycles. The standard InChI is InChI=1S/C12H10FN5O2/c1-2-19-11-16-10(15)17-12(18-11)20-9-4-3-7(6-14)5-8(9)13/h3-5H,2H2,1H3,(H2,15,16,17,18). The minimum absolute atomic E-state index is 0.0101. The van der Waals surface area contributed by atoms with E-state index in [1.54, 1.807) is 6.92 Å². The van der Waals surface area contributed by atoms with Crippen LogP contribution in [0, 0.1) is 17.1 Å². The molecule has 0 saturated carbocycles. The van der Waals surface area contributed by atoms with Crippen molar-refractivity contribution in [3.63, 3.8) is 0 Å². The van der Waals surface area contributed by atoms with Crippen molar-refractivity contribution in [3.05, 3.63) is 29.6 Å². The Balaban J connectivity index is 2.28. The summed E-state index contributed by atoms with van der Waals surface area (Å²) in [6.45, 7) is 2.09. The summed E-state index contributed by atoms with van der Waals surface area (Å²) < 4.78 is 23.9. The van der Waals surface area contributed by atoms with Crippen LogP contribution in [0.4, 0.5) is 10.3 Å². The van der Waals surface area contributed by atoms with Gasteiger partial charge in [-0.2, -0.15) is 15.2 Å². The molecule has 1 heterocycles. The van der Waals surface area contributed by atoms with Crippen molar-refractivity contribution in [2.45, 2.75) is 6.92 Å². The van der Waals surface area contributed by atoms with E-state index in [1.807, 2.05) is 6.07 Å². The molecule has 2 rings (SSSR count). The number of aromatic nitrogens is 3. The number of nitrogens with zero attached hydrogens (tertiary/aromatic N) is 4. The highest BCUT2D eigenvalue weighted by atomic mass is 19.1. The van der Waals surface area contributed by atoms with Crippen LogP contribution >= 0.6 is 0 Å². The zero-order chi connectivity index (χ0) is 14.5. The molecule has 0 amide bonds. The van der Waals surface area contributed by atoms with Crippen molar-refractivity contribution < 1.29 is 13.9 Å². The minimum Gasteiger partial charge on any atom is -0.464 e.